The molecular formula is C8H14O2. The fraction of sp³-hybridized carbons (Fsp3) is 0.875. The summed E-state index contributed by atoms with van der Waals surface area (Å²) in [6, 6.07) is 0. The number of aliphatic carboxylic acids is 1. The molecule has 0 heterocycles. The summed E-state index contributed by atoms with van der Waals surface area (Å²) in [7, 11) is 0. The van der Waals surface area contributed by atoms with Gasteiger partial charge in [-0.1, -0.05) is 25.7 Å². The van der Waals surface area contributed by atoms with E-state index in [1.807, 2.05) is 0 Å². The number of carboxylic acids is 1. The first-order chi connectivity index (χ1) is 4.80. The third kappa shape index (κ3) is 2.01. The summed E-state index contributed by atoms with van der Waals surface area (Å²) in [5.74, 6) is -0.635. The minimum Gasteiger partial charge on any atom is -0.481 e. The number of carbonyl (C=O) groups is 1. The van der Waals surface area contributed by atoms with Crippen LogP contribution in [0.1, 0.15) is 38.5 Å². The summed E-state index contributed by atoms with van der Waals surface area (Å²) in [6.07, 6.45) is 6.46. The van der Waals surface area contributed by atoms with Crippen LogP contribution >= 0.6 is 0 Å². The van der Waals surface area contributed by atoms with Gasteiger partial charge in [0.25, 0.3) is 0 Å². The summed E-state index contributed by atoms with van der Waals surface area (Å²) in [4.78, 5) is 10.5. The largest absolute Gasteiger partial charge is 0.481 e. The van der Waals surface area contributed by atoms with Crippen molar-refractivity contribution in [2.75, 3.05) is 0 Å². The molecule has 1 N–H and O–H groups in total. The van der Waals surface area contributed by atoms with Crippen molar-refractivity contribution in [3.05, 3.63) is 0 Å². The van der Waals surface area contributed by atoms with Crippen LogP contribution in [0, 0.1) is 5.92 Å². The maximum atomic E-state index is 10.5. The van der Waals surface area contributed by atoms with Crippen molar-refractivity contribution in [1.82, 2.24) is 0 Å². The number of rotatable bonds is 1. The van der Waals surface area contributed by atoms with Gasteiger partial charge in [0.05, 0.1) is 5.92 Å². The second-order valence-corrected chi connectivity index (χ2v) is 3.03. The Hall–Kier alpha value is -0.530. The lowest BCUT2D eigenvalue weighted by Crippen LogP contribution is -2.11. The molecule has 1 aliphatic carbocycles. The highest BCUT2D eigenvalue weighted by atomic mass is 16.5. The second-order valence-electron chi connectivity index (χ2n) is 3.03. The molecule has 0 aromatic carbocycles. The lowest BCUT2D eigenvalue weighted by atomic mass is 10.1. The SMILES string of the molecule is O=[13C](O)C1CCCCCC1. The summed E-state index contributed by atoms with van der Waals surface area (Å²) < 4.78 is 0. The van der Waals surface area contributed by atoms with Gasteiger partial charge in [0.15, 0.2) is 0 Å². The van der Waals surface area contributed by atoms with Crippen molar-refractivity contribution < 1.29 is 9.90 Å². The molecule has 1 fully saturated rings. The van der Waals surface area contributed by atoms with Crippen LogP contribution in [0.4, 0.5) is 0 Å². The zero-order valence-corrected chi connectivity index (χ0v) is 6.18. The normalized spacial score (nSPS) is 22.0. The van der Waals surface area contributed by atoms with Crippen molar-refractivity contribution in [2.24, 2.45) is 5.92 Å². The van der Waals surface area contributed by atoms with Gasteiger partial charge in [-0.25, -0.2) is 0 Å². The highest BCUT2D eigenvalue weighted by molar-refractivity contribution is 5.69. The van der Waals surface area contributed by atoms with Gasteiger partial charge in [-0.2, -0.15) is 0 Å². The molecule has 0 radical (unpaired) electrons. The second kappa shape index (κ2) is 3.59. The van der Waals surface area contributed by atoms with Gasteiger partial charge >= 0.3 is 5.97 Å². The Morgan fingerprint density at radius 1 is 1.10 bits per heavy atom. The highest BCUT2D eigenvalue weighted by Crippen LogP contribution is 2.22. The molecule has 10 heavy (non-hydrogen) atoms. The van der Waals surface area contributed by atoms with E-state index in [4.69, 9.17) is 5.11 Å². The number of carboxylic acid groups (broad SMARTS) is 1. The van der Waals surface area contributed by atoms with Gasteiger partial charge in [-0.3, -0.25) is 4.79 Å². The fourth-order valence-electron chi connectivity index (χ4n) is 1.53. The average Bonchev–Trinajstić information content (AvgIpc) is 2.12. The van der Waals surface area contributed by atoms with Gasteiger partial charge in [-0.05, 0) is 12.8 Å². The van der Waals surface area contributed by atoms with E-state index < -0.39 is 5.97 Å². The van der Waals surface area contributed by atoms with Gasteiger partial charge in [0.2, 0.25) is 0 Å². The third-order valence-electron chi connectivity index (χ3n) is 2.20. The summed E-state index contributed by atoms with van der Waals surface area (Å²) in [5.41, 5.74) is 0. The van der Waals surface area contributed by atoms with Gasteiger partial charge < -0.3 is 5.11 Å². The summed E-state index contributed by atoms with van der Waals surface area (Å²) in [5, 5.41) is 8.66. The molecule has 0 aliphatic heterocycles. The van der Waals surface area contributed by atoms with E-state index in [-0.39, 0.29) is 5.92 Å². The lowest BCUT2D eigenvalue weighted by Gasteiger charge is -2.05. The summed E-state index contributed by atoms with van der Waals surface area (Å²) in [6.45, 7) is 0. The number of hydrogen-bond donors (Lipinski definition) is 1. The first kappa shape index (κ1) is 7.58. The molecule has 0 bridgehead atoms. The average molecular weight is 143 g/mol. The zero-order valence-electron chi connectivity index (χ0n) is 6.18. The molecule has 0 unspecified atom stereocenters. The minimum absolute atomic E-state index is 0.0394. The molecule has 1 saturated carbocycles. The van der Waals surface area contributed by atoms with Crippen molar-refractivity contribution in [3.8, 4) is 0 Å². The Bertz CT molecular complexity index is 112. The maximum Gasteiger partial charge on any atom is 0.306 e. The molecular weight excluding hydrogens is 129 g/mol. The van der Waals surface area contributed by atoms with Crippen molar-refractivity contribution >= 4 is 5.97 Å². The molecule has 58 valence electrons. The van der Waals surface area contributed by atoms with Crippen LogP contribution in [0.2, 0.25) is 0 Å². The lowest BCUT2D eigenvalue weighted by molar-refractivity contribution is -0.142. The zero-order chi connectivity index (χ0) is 7.40. The molecule has 1 rings (SSSR count). The summed E-state index contributed by atoms with van der Waals surface area (Å²) >= 11 is 0. The van der Waals surface area contributed by atoms with Crippen LogP contribution in [0.25, 0.3) is 0 Å². The van der Waals surface area contributed by atoms with Crippen molar-refractivity contribution in [1.29, 1.82) is 0 Å². The molecule has 0 saturated heterocycles. The standard InChI is InChI=1S/C8H14O2/c9-8(10)7-5-3-1-2-4-6-7/h7H,1-6H2,(H,9,10)/i8+1. The smallest absolute Gasteiger partial charge is 0.306 e. The van der Waals surface area contributed by atoms with Crippen molar-refractivity contribution in [3.63, 3.8) is 0 Å². The Morgan fingerprint density at radius 2 is 1.60 bits per heavy atom. The predicted molar refractivity (Wildman–Crippen MR) is 38.8 cm³/mol. The van der Waals surface area contributed by atoms with Crippen LogP contribution in [0.15, 0.2) is 0 Å². The highest BCUT2D eigenvalue weighted by Gasteiger charge is 2.18. The van der Waals surface area contributed by atoms with E-state index in [1.54, 1.807) is 0 Å². The Balaban J connectivity index is 2.35. The van der Waals surface area contributed by atoms with E-state index in [0.717, 1.165) is 25.7 Å². The first-order valence-corrected chi connectivity index (χ1v) is 4.03. The van der Waals surface area contributed by atoms with Crippen LogP contribution in [-0.4, -0.2) is 11.1 Å². The topological polar surface area (TPSA) is 37.3 Å². The maximum absolute atomic E-state index is 10.5. The molecule has 0 atom stereocenters. The van der Waals surface area contributed by atoms with E-state index in [9.17, 15) is 4.79 Å². The van der Waals surface area contributed by atoms with E-state index in [0.29, 0.717) is 0 Å². The van der Waals surface area contributed by atoms with E-state index in [1.165, 1.54) is 12.8 Å². The van der Waals surface area contributed by atoms with Gasteiger partial charge in [0, 0.05) is 0 Å². The third-order valence-corrected chi connectivity index (χ3v) is 2.20. The molecule has 1 aliphatic rings. The molecule has 0 aromatic heterocycles. The molecule has 2 heteroatoms. The molecule has 0 amide bonds. The Labute approximate surface area is 61.2 Å². The van der Waals surface area contributed by atoms with Crippen LogP contribution in [0.5, 0.6) is 0 Å². The van der Waals surface area contributed by atoms with Crippen LogP contribution in [-0.2, 0) is 4.79 Å². The van der Waals surface area contributed by atoms with Gasteiger partial charge in [0.1, 0.15) is 0 Å². The van der Waals surface area contributed by atoms with E-state index >= 15 is 0 Å². The van der Waals surface area contributed by atoms with Crippen LogP contribution in [0.3, 0.4) is 0 Å². The van der Waals surface area contributed by atoms with Crippen LogP contribution < -0.4 is 0 Å². The predicted octanol–water partition coefficient (Wildman–Crippen LogP) is 2.04. The molecule has 0 spiro atoms. The quantitative estimate of drug-likeness (QED) is 0.450. The number of hydrogen-bond acceptors (Lipinski definition) is 1. The Morgan fingerprint density at radius 3 is 2.00 bits per heavy atom. The van der Waals surface area contributed by atoms with Crippen molar-refractivity contribution in [2.45, 2.75) is 38.5 Å². The molecule has 0 aromatic rings. The monoisotopic (exact) mass is 143 g/mol. The van der Waals surface area contributed by atoms with E-state index in [2.05, 4.69) is 0 Å². The Kier molecular flexibility index (Phi) is 2.72. The first-order valence-electron chi connectivity index (χ1n) is 4.03. The van der Waals surface area contributed by atoms with Gasteiger partial charge in [-0.15, -0.1) is 0 Å². The molecule has 2 nitrogen and oxygen atoms in total. The minimum atomic E-state index is -0.595. The fourth-order valence-corrected chi connectivity index (χ4v) is 1.53.